The van der Waals surface area contributed by atoms with Crippen LogP contribution in [0.1, 0.15) is 47.1 Å². The van der Waals surface area contributed by atoms with Gasteiger partial charge in [0.1, 0.15) is 17.9 Å². The minimum Gasteiger partial charge on any atom is -0.534 e. The molecule has 1 aliphatic rings. The van der Waals surface area contributed by atoms with Gasteiger partial charge in [0, 0.05) is 24.7 Å². The first kappa shape index (κ1) is 29.7. The van der Waals surface area contributed by atoms with E-state index in [2.05, 4.69) is 69.3 Å². The Bertz CT molecular complexity index is 1300. The van der Waals surface area contributed by atoms with Gasteiger partial charge >= 0.3 is 14.4 Å². The van der Waals surface area contributed by atoms with Crippen LogP contribution < -0.4 is 14.8 Å². The van der Waals surface area contributed by atoms with Gasteiger partial charge in [-0.2, -0.15) is 0 Å². The van der Waals surface area contributed by atoms with Crippen molar-refractivity contribution in [2.24, 2.45) is 0 Å². The largest absolute Gasteiger partial charge is 0.534 e. The van der Waals surface area contributed by atoms with Crippen LogP contribution in [0.2, 0.25) is 10.1 Å². The third-order valence-corrected chi connectivity index (χ3v) is 12.4. The molecule has 0 radical (unpaired) electrons. The number of halogens is 1. The van der Waals surface area contributed by atoms with E-state index >= 15 is 0 Å². The molecule has 0 bridgehead atoms. The smallest absolute Gasteiger partial charge is 0.410 e. The Morgan fingerprint density at radius 1 is 0.875 bits per heavy atom. The quantitative estimate of drug-likeness (QED) is 0.344. The highest BCUT2D eigenvalue weighted by atomic mass is 35.5. The van der Waals surface area contributed by atoms with Crippen molar-refractivity contribution >= 4 is 42.3 Å². The summed E-state index contributed by atoms with van der Waals surface area (Å²) in [4.78, 5) is 28.7. The van der Waals surface area contributed by atoms with E-state index in [0.29, 0.717) is 30.4 Å². The van der Waals surface area contributed by atoms with E-state index in [0.717, 1.165) is 5.56 Å². The Morgan fingerprint density at radius 3 is 1.95 bits per heavy atom. The van der Waals surface area contributed by atoms with Crippen LogP contribution in [0.25, 0.3) is 0 Å². The molecule has 2 amide bonds. The summed E-state index contributed by atoms with van der Waals surface area (Å²) in [6, 6.07) is 26.6. The van der Waals surface area contributed by atoms with Gasteiger partial charge in [-0.05, 0) is 59.9 Å². The van der Waals surface area contributed by atoms with E-state index in [1.165, 1.54) is 15.3 Å². The summed E-state index contributed by atoms with van der Waals surface area (Å²) in [7, 11) is -2.82. The molecule has 3 aromatic rings. The van der Waals surface area contributed by atoms with Gasteiger partial charge in [0.25, 0.3) is 0 Å². The topological polar surface area (TPSA) is 59.1 Å². The molecule has 4 rings (SSSR count). The maximum Gasteiger partial charge on any atom is 0.410 e. The lowest BCUT2D eigenvalue weighted by molar-refractivity contribution is -0.136. The Hall–Kier alpha value is -3.29. The first-order chi connectivity index (χ1) is 18.8. The fourth-order valence-corrected chi connectivity index (χ4v) is 9.71. The molecule has 0 N–H and O–H groups in total. The third kappa shape index (κ3) is 6.53. The molecule has 3 aromatic carbocycles. The second kappa shape index (κ2) is 11.7. The third-order valence-electron chi connectivity index (χ3n) is 7.04. The molecule has 8 heteroatoms. The first-order valence-electron chi connectivity index (χ1n) is 13.6. The Balaban J connectivity index is 1.62. The van der Waals surface area contributed by atoms with Gasteiger partial charge < -0.3 is 14.1 Å². The van der Waals surface area contributed by atoms with Crippen LogP contribution in [-0.2, 0) is 16.1 Å². The van der Waals surface area contributed by atoms with Crippen molar-refractivity contribution in [2.75, 3.05) is 19.6 Å². The van der Waals surface area contributed by atoms with Gasteiger partial charge in [0.05, 0.1) is 0 Å². The molecule has 0 spiro atoms. The van der Waals surface area contributed by atoms with Crippen molar-refractivity contribution in [1.82, 2.24) is 9.80 Å². The molecule has 1 fully saturated rings. The van der Waals surface area contributed by atoms with E-state index < -0.39 is 20.0 Å². The van der Waals surface area contributed by atoms with Crippen LogP contribution in [0.15, 0.2) is 78.9 Å². The summed E-state index contributed by atoms with van der Waals surface area (Å²) in [5, 5.41) is 2.73. The lowest BCUT2D eigenvalue weighted by Gasteiger charge is -2.43. The molecule has 40 heavy (non-hydrogen) atoms. The molecule has 0 aliphatic carbocycles. The minimum atomic E-state index is -2.82. The van der Waals surface area contributed by atoms with Crippen molar-refractivity contribution in [2.45, 2.75) is 58.7 Å². The zero-order valence-corrected chi connectivity index (χ0v) is 26.0. The Labute approximate surface area is 244 Å². The lowest BCUT2D eigenvalue weighted by atomic mass is 10.2. The molecule has 0 atom stereocenters. The number of ether oxygens (including phenoxy) is 1. The predicted molar refractivity (Wildman–Crippen MR) is 163 cm³/mol. The lowest BCUT2D eigenvalue weighted by Crippen LogP contribution is -2.68. The number of hydrogen-bond donors (Lipinski definition) is 0. The van der Waals surface area contributed by atoms with E-state index in [9.17, 15) is 9.59 Å². The number of nitrogens with zero attached hydrogens (tertiary/aromatic N) is 2. The van der Waals surface area contributed by atoms with Crippen LogP contribution >= 0.6 is 11.6 Å². The van der Waals surface area contributed by atoms with Crippen molar-refractivity contribution in [3.63, 3.8) is 0 Å². The standard InChI is InChI=1S/C32H39ClN2O4Si/c1-31(2,3)38-30(37)35-20-19-34(29(36)23-35)22-24-21-25(17-18-28(24)33)39-40(32(4,5)6,26-13-9-7-10-14-26)27-15-11-8-12-16-27/h7-18,21H,19-20,22-23H2,1-6H3. The molecule has 0 aromatic heterocycles. The summed E-state index contributed by atoms with van der Waals surface area (Å²) in [6.45, 7) is 13.2. The number of hydrogen-bond acceptors (Lipinski definition) is 4. The molecule has 1 saturated heterocycles. The minimum absolute atomic E-state index is 0.0230. The van der Waals surface area contributed by atoms with Crippen molar-refractivity contribution in [1.29, 1.82) is 0 Å². The number of rotatable bonds is 6. The van der Waals surface area contributed by atoms with E-state index in [1.54, 1.807) is 4.90 Å². The fraction of sp³-hybridized carbons (Fsp3) is 0.375. The van der Waals surface area contributed by atoms with Crippen LogP contribution in [0.4, 0.5) is 4.79 Å². The first-order valence-corrected chi connectivity index (χ1v) is 15.9. The maximum absolute atomic E-state index is 13.0. The highest BCUT2D eigenvalue weighted by molar-refractivity contribution is 7.00. The van der Waals surface area contributed by atoms with Gasteiger partial charge in [-0.1, -0.05) is 93.0 Å². The normalized spacial score (nSPS) is 14.7. The maximum atomic E-state index is 13.0. The second-order valence-corrected chi connectivity index (χ2v) is 16.9. The predicted octanol–water partition coefficient (Wildman–Crippen LogP) is 5.86. The summed E-state index contributed by atoms with van der Waals surface area (Å²) in [5.41, 5.74) is 0.187. The summed E-state index contributed by atoms with van der Waals surface area (Å²) >= 11 is 6.64. The molecule has 1 aliphatic heterocycles. The SMILES string of the molecule is CC(C)(C)OC(=O)N1CCN(Cc2cc(O[Si](c3ccccc3)(c3ccccc3)C(C)(C)C)ccc2Cl)C(=O)C1. The van der Waals surface area contributed by atoms with Crippen molar-refractivity contribution in [3.05, 3.63) is 89.4 Å². The van der Waals surface area contributed by atoms with Gasteiger partial charge in [0.2, 0.25) is 5.91 Å². The van der Waals surface area contributed by atoms with Crippen LogP contribution in [0.3, 0.4) is 0 Å². The highest BCUT2D eigenvalue weighted by Crippen LogP contribution is 2.38. The zero-order chi connectivity index (χ0) is 29.1. The van der Waals surface area contributed by atoms with Crippen molar-refractivity contribution in [3.8, 4) is 5.75 Å². The molecule has 0 saturated carbocycles. The van der Waals surface area contributed by atoms with Crippen molar-refractivity contribution < 1.29 is 18.8 Å². The van der Waals surface area contributed by atoms with E-state index in [-0.39, 0.29) is 17.5 Å². The van der Waals surface area contributed by atoms with Crippen LogP contribution in [0.5, 0.6) is 5.75 Å². The van der Waals surface area contributed by atoms with E-state index in [4.69, 9.17) is 20.8 Å². The Kier molecular flexibility index (Phi) is 8.66. The van der Waals surface area contributed by atoms with Gasteiger partial charge in [-0.15, -0.1) is 0 Å². The summed E-state index contributed by atoms with van der Waals surface area (Å²) in [5.74, 6) is 0.569. The van der Waals surface area contributed by atoms with Crippen LogP contribution in [0, 0.1) is 0 Å². The number of piperazine rings is 1. The van der Waals surface area contributed by atoms with Gasteiger partial charge in [-0.25, -0.2) is 4.79 Å². The van der Waals surface area contributed by atoms with E-state index in [1.807, 2.05) is 51.1 Å². The van der Waals surface area contributed by atoms with Crippen LogP contribution in [-0.4, -0.2) is 55.4 Å². The monoisotopic (exact) mass is 578 g/mol. The number of benzene rings is 3. The average molecular weight is 579 g/mol. The molecule has 1 heterocycles. The number of carbonyl (C=O) groups is 2. The van der Waals surface area contributed by atoms with Gasteiger partial charge in [0.15, 0.2) is 0 Å². The molecule has 0 unspecified atom stereocenters. The average Bonchev–Trinajstić information content (AvgIpc) is 2.89. The highest BCUT2D eigenvalue weighted by Gasteiger charge is 2.52. The second-order valence-electron chi connectivity index (χ2n) is 12.2. The Morgan fingerprint density at radius 2 is 1.45 bits per heavy atom. The zero-order valence-electron chi connectivity index (χ0n) is 24.2. The molecular formula is C32H39ClN2O4Si. The molecular weight excluding hydrogens is 540 g/mol. The number of amides is 2. The summed E-state index contributed by atoms with van der Waals surface area (Å²) < 4.78 is 12.6. The fourth-order valence-electron chi connectivity index (χ4n) is 5.13. The molecule has 212 valence electrons. The molecule has 6 nitrogen and oxygen atoms in total. The number of carbonyl (C=O) groups excluding carboxylic acids is 2. The summed E-state index contributed by atoms with van der Waals surface area (Å²) in [6.07, 6.45) is -0.473. The van der Waals surface area contributed by atoms with Gasteiger partial charge in [-0.3, -0.25) is 9.69 Å².